The zero-order valence-electron chi connectivity index (χ0n) is 10.9. The van der Waals surface area contributed by atoms with E-state index < -0.39 is 11.7 Å². The van der Waals surface area contributed by atoms with Crippen molar-refractivity contribution in [3.63, 3.8) is 0 Å². The molecular formula is C13H14FN3O3. The van der Waals surface area contributed by atoms with Crippen LogP contribution < -0.4 is 5.48 Å². The largest absolute Gasteiger partial charge is 0.499 e. The van der Waals surface area contributed by atoms with E-state index in [1.807, 2.05) is 0 Å². The maximum Gasteiger partial charge on any atom is 0.275 e. The number of hydrogen-bond donors (Lipinski definition) is 1. The highest BCUT2D eigenvalue weighted by molar-refractivity contribution is 5.97. The molecule has 2 aromatic rings. The number of aromatic nitrogens is 2. The van der Waals surface area contributed by atoms with Crippen molar-refractivity contribution in [2.45, 2.75) is 0 Å². The Hall–Kier alpha value is -2.41. The van der Waals surface area contributed by atoms with Crippen LogP contribution in [0.5, 0.6) is 0 Å². The van der Waals surface area contributed by atoms with E-state index in [1.54, 1.807) is 17.7 Å². The van der Waals surface area contributed by atoms with Crippen LogP contribution in [0.2, 0.25) is 0 Å². The van der Waals surface area contributed by atoms with E-state index in [9.17, 15) is 9.18 Å². The van der Waals surface area contributed by atoms with Crippen molar-refractivity contribution in [3.05, 3.63) is 42.7 Å². The second-order valence-electron chi connectivity index (χ2n) is 4.00. The number of imidazole rings is 1. The van der Waals surface area contributed by atoms with Crippen molar-refractivity contribution in [2.75, 3.05) is 13.2 Å². The molecule has 0 aliphatic carbocycles. The number of nitrogens with zero attached hydrogens (tertiary/aromatic N) is 2. The highest BCUT2D eigenvalue weighted by Gasteiger charge is 2.13. The Morgan fingerprint density at radius 1 is 1.55 bits per heavy atom. The summed E-state index contributed by atoms with van der Waals surface area (Å²) in [5.74, 6) is -1.09. The zero-order valence-corrected chi connectivity index (χ0v) is 10.9. The lowest BCUT2D eigenvalue weighted by molar-refractivity contribution is 0.0144. The Kier molecular flexibility index (Phi) is 4.31. The Morgan fingerprint density at radius 3 is 3.10 bits per heavy atom. The normalized spacial score (nSPS) is 10.5. The fourth-order valence-electron chi connectivity index (χ4n) is 1.67. The molecule has 0 spiro atoms. The van der Waals surface area contributed by atoms with E-state index in [1.165, 1.54) is 12.6 Å². The topological polar surface area (TPSA) is 65.4 Å². The van der Waals surface area contributed by atoms with E-state index >= 15 is 0 Å². The molecule has 0 atom stereocenters. The van der Waals surface area contributed by atoms with Gasteiger partial charge in [-0.25, -0.2) is 14.9 Å². The van der Waals surface area contributed by atoms with Crippen molar-refractivity contribution < 1.29 is 18.8 Å². The summed E-state index contributed by atoms with van der Waals surface area (Å²) in [6.45, 7) is 3.79. The molecule has 6 nitrogen and oxygen atoms in total. The quantitative estimate of drug-likeness (QED) is 0.495. The SMILES string of the molecule is C=COCCONC(=O)c1cc(F)c2ncn(C)c2c1. The number of benzene rings is 1. The van der Waals surface area contributed by atoms with Gasteiger partial charge in [0, 0.05) is 12.6 Å². The summed E-state index contributed by atoms with van der Waals surface area (Å²) in [7, 11) is 1.72. The third-order valence-corrected chi connectivity index (χ3v) is 2.63. The number of rotatable bonds is 6. The van der Waals surface area contributed by atoms with Crippen molar-refractivity contribution in [1.82, 2.24) is 15.0 Å². The molecule has 0 aliphatic rings. The molecule has 0 unspecified atom stereocenters. The molecular weight excluding hydrogens is 265 g/mol. The molecule has 1 aromatic heterocycles. The van der Waals surface area contributed by atoms with Crippen LogP contribution >= 0.6 is 0 Å². The summed E-state index contributed by atoms with van der Waals surface area (Å²) < 4.78 is 20.2. The third kappa shape index (κ3) is 2.94. The first-order chi connectivity index (χ1) is 9.63. The molecule has 0 fully saturated rings. The van der Waals surface area contributed by atoms with Crippen LogP contribution in [0, 0.1) is 5.82 Å². The maximum atomic E-state index is 13.8. The first kappa shape index (κ1) is 14.0. The summed E-state index contributed by atoms with van der Waals surface area (Å²) in [5.41, 5.74) is 3.13. The van der Waals surface area contributed by atoms with Crippen LogP contribution in [0.25, 0.3) is 11.0 Å². The molecule has 0 saturated carbocycles. The molecule has 7 heteroatoms. The fraction of sp³-hybridized carbons (Fsp3) is 0.231. The van der Waals surface area contributed by atoms with Crippen LogP contribution in [-0.2, 0) is 16.6 Å². The van der Waals surface area contributed by atoms with Crippen molar-refractivity contribution >= 4 is 16.9 Å². The third-order valence-electron chi connectivity index (χ3n) is 2.63. The number of fused-ring (bicyclic) bond motifs is 1. The second-order valence-corrected chi connectivity index (χ2v) is 4.00. The number of carbonyl (C=O) groups excluding carboxylic acids is 1. The molecule has 0 bridgehead atoms. The van der Waals surface area contributed by atoms with E-state index in [0.29, 0.717) is 5.52 Å². The number of carbonyl (C=O) groups is 1. The highest BCUT2D eigenvalue weighted by atomic mass is 19.1. The molecule has 106 valence electrons. The molecule has 1 amide bonds. The number of amides is 1. The van der Waals surface area contributed by atoms with Crippen LogP contribution in [-0.4, -0.2) is 28.7 Å². The monoisotopic (exact) mass is 279 g/mol. The van der Waals surface area contributed by atoms with Crippen LogP contribution in [0.4, 0.5) is 4.39 Å². The molecule has 0 saturated heterocycles. The van der Waals surface area contributed by atoms with Crippen molar-refractivity contribution in [1.29, 1.82) is 0 Å². The van der Waals surface area contributed by atoms with Gasteiger partial charge >= 0.3 is 0 Å². The first-order valence-corrected chi connectivity index (χ1v) is 5.88. The minimum Gasteiger partial charge on any atom is -0.499 e. The van der Waals surface area contributed by atoms with Crippen molar-refractivity contribution in [2.24, 2.45) is 7.05 Å². The van der Waals surface area contributed by atoms with Crippen LogP contribution in [0.15, 0.2) is 31.3 Å². The Labute approximate surface area is 114 Å². The molecule has 0 aliphatic heterocycles. The van der Waals surface area contributed by atoms with Gasteiger partial charge in [-0.3, -0.25) is 9.63 Å². The van der Waals surface area contributed by atoms with Crippen LogP contribution in [0.1, 0.15) is 10.4 Å². The Morgan fingerprint density at radius 2 is 2.35 bits per heavy atom. The Balaban J connectivity index is 2.06. The van der Waals surface area contributed by atoms with E-state index in [4.69, 9.17) is 9.57 Å². The smallest absolute Gasteiger partial charge is 0.275 e. The summed E-state index contributed by atoms with van der Waals surface area (Å²) in [4.78, 5) is 20.6. The van der Waals surface area contributed by atoms with E-state index in [0.717, 1.165) is 6.07 Å². The Bertz CT molecular complexity index is 639. The van der Waals surface area contributed by atoms with Crippen molar-refractivity contribution in [3.8, 4) is 0 Å². The zero-order chi connectivity index (χ0) is 14.5. The van der Waals surface area contributed by atoms with Gasteiger partial charge < -0.3 is 9.30 Å². The lowest BCUT2D eigenvalue weighted by atomic mass is 10.2. The fourth-order valence-corrected chi connectivity index (χ4v) is 1.67. The highest BCUT2D eigenvalue weighted by Crippen LogP contribution is 2.18. The summed E-state index contributed by atoms with van der Waals surface area (Å²) in [6.07, 6.45) is 2.76. The summed E-state index contributed by atoms with van der Waals surface area (Å²) >= 11 is 0. The van der Waals surface area contributed by atoms with Gasteiger partial charge in [0.25, 0.3) is 5.91 Å². The number of hydrogen-bond acceptors (Lipinski definition) is 4. The van der Waals surface area contributed by atoms with Gasteiger partial charge in [-0.2, -0.15) is 0 Å². The van der Waals surface area contributed by atoms with Gasteiger partial charge in [0.1, 0.15) is 18.7 Å². The number of halogens is 1. The molecule has 1 heterocycles. The number of ether oxygens (including phenoxy) is 1. The summed E-state index contributed by atoms with van der Waals surface area (Å²) in [6, 6.07) is 2.67. The molecule has 2 rings (SSSR count). The molecule has 0 radical (unpaired) electrons. The van der Waals surface area contributed by atoms with Gasteiger partial charge in [-0.15, -0.1) is 0 Å². The molecule has 20 heavy (non-hydrogen) atoms. The molecule has 1 aromatic carbocycles. The lowest BCUT2D eigenvalue weighted by Crippen LogP contribution is -2.25. The molecule has 1 N–H and O–H groups in total. The van der Waals surface area contributed by atoms with E-state index in [2.05, 4.69) is 17.0 Å². The van der Waals surface area contributed by atoms with Gasteiger partial charge in [-0.1, -0.05) is 6.58 Å². The first-order valence-electron chi connectivity index (χ1n) is 5.88. The number of nitrogens with one attached hydrogen (secondary N) is 1. The minimum absolute atomic E-state index is 0.156. The van der Waals surface area contributed by atoms with Gasteiger partial charge in [0.05, 0.1) is 18.1 Å². The van der Waals surface area contributed by atoms with Gasteiger partial charge in [-0.05, 0) is 12.1 Å². The van der Waals surface area contributed by atoms with Gasteiger partial charge in [0.2, 0.25) is 0 Å². The number of aryl methyl sites for hydroxylation is 1. The maximum absolute atomic E-state index is 13.8. The minimum atomic E-state index is -0.553. The van der Waals surface area contributed by atoms with E-state index in [-0.39, 0.29) is 24.3 Å². The number of hydroxylamine groups is 1. The lowest BCUT2D eigenvalue weighted by Gasteiger charge is -2.06. The second kappa shape index (κ2) is 6.16. The summed E-state index contributed by atoms with van der Waals surface area (Å²) in [5, 5.41) is 0. The predicted octanol–water partition coefficient (Wildman–Crippen LogP) is 1.53. The predicted molar refractivity (Wildman–Crippen MR) is 70.2 cm³/mol. The van der Waals surface area contributed by atoms with Gasteiger partial charge in [0.15, 0.2) is 5.82 Å². The van der Waals surface area contributed by atoms with Crippen LogP contribution in [0.3, 0.4) is 0 Å². The standard InChI is InChI=1S/C13H14FN3O3/c1-3-19-4-5-20-16-13(18)9-6-10(14)12-11(7-9)17(2)8-15-12/h3,6-8H,1,4-5H2,2H3,(H,16,18). The average Bonchev–Trinajstić information content (AvgIpc) is 2.81. The average molecular weight is 279 g/mol.